The summed E-state index contributed by atoms with van der Waals surface area (Å²) in [7, 11) is 0. The van der Waals surface area contributed by atoms with E-state index in [0.29, 0.717) is 13.3 Å². The molecule has 0 bridgehead atoms. The van der Waals surface area contributed by atoms with Gasteiger partial charge in [0.25, 0.3) is 0 Å². The number of hydrogen-bond donors (Lipinski definition) is 1. The fourth-order valence-corrected chi connectivity index (χ4v) is 1.24. The van der Waals surface area contributed by atoms with E-state index in [1.54, 1.807) is 0 Å². The Labute approximate surface area is 83.0 Å². The molecule has 1 N–H and O–H groups in total. The normalized spacial score (nSPS) is 11.8. The van der Waals surface area contributed by atoms with Crippen molar-refractivity contribution in [2.24, 2.45) is 0 Å². The molecule has 72 valence electrons. The molecule has 1 aromatic carbocycles. The maximum Gasteiger partial charge on any atom is 0.231 e. The molecule has 0 aliphatic carbocycles. The molecule has 1 aliphatic rings. The lowest BCUT2D eigenvalue weighted by atomic mass is 10.3. The summed E-state index contributed by atoms with van der Waals surface area (Å²) in [5.41, 5.74) is 0.997. The van der Waals surface area contributed by atoms with E-state index in [1.165, 1.54) is 0 Å². The standard InChI is InChI=1S/C11H11NO2/c1-2-3-6-12-9-4-5-10-11(7-9)14-8-13-10/h4-5,7,12H,6,8H2,1H3. The van der Waals surface area contributed by atoms with Gasteiger partial charge in [-0.3, -0.25) is 0 Å². The molecule has 14 heavy (non-hydrogen) atoms. The zero-order valence-corrected chi connectivity index (χ0v) is 7.96. The minimum atomic E-state index is 0.313. The van der Waals surface area contributed by atoms with Crippen LogP contribution in [0.25, 0.3) is 0 Å². The molecule has 0 atom stereocenters. The number of fused-ring (bicyclic) bond motifs is 1. The first-order chi connectivity index (χ1) is 6.90. The Hall–Kier alpha value is -1.82. The van der Waals surface area contributed by atoms with Gasteiger partial charge in [0.2, 0.25) is 6.79 Å². The van der Waals surface area contributed by atoms with Crippen molar-refractivity contribution < 1.29 is 9.47 Å². The number of anilines is 1. The summed E-state index contributed by atoms with van der Waals surface area (Å²) in [5.74, 6) is 7.35. The van der Waals surface area contributed by atoms with Crippen molar-refractivity contribution in [3.05, 3.63) is 18.2 Å². The maximum atomic E-state index is 5.25. The zero-order valence-electron chi connectivity index (χ0n) is 7.96. The summed E-state index contributed by atoms with van der Waals surface area (Å²) < 4.78 is 10.4. The van der Waals surface area contributed by atoms with Gasteiger partial charge in [-0.15, -0.1) is 5.92 Å². The van der Waals surface area contributed by atoms with Crippen LogP contribution in [0.15, 0.2) is 18.2 Å². The van der Waals surface area contributed by atoms with Crippen LogP contribution in [0.4, 0.5) is 5.69 Å². The van der Waals surface area contributed by atoms with Crippen molar-refractivity contribution >= 4 is 5.69 Å². The van der Waals surface area contributed by atoms with Gasteiger partial charge >= 0.3 is 0 Å². The Bertz CT molecular complexity index is 390. The highest BCUT2D eigenvalue weighted by atomic mass is 16.7. The Morgan fingerprint density at radius 3 is 3.07 bits per heavy atom. The monoisotopic (exact) mass is 189 g/mol. The topological polar surface area (TPSA) is 30.5 Å². The third-order valence-electron chi connectivity index (χ3n) is 1.93. The van der Waals surface area contributed by atoms with Crippen LogP contribution in [-0.2, 0) is 0 Å². The Morgan fingerprint density at radius 1 is 1.36 bits per heavy atom. The quantitative estimate of drug-likeness (QED) is 0.720. The SMILES string of the molecule is CC#CCNc1ccc2c(c1)OCO2. The highest BCUT2D eigenvalue weighted by Gasteiger charge is 2.12. The molecule has 1 aliphatic heterocycles. The van der Waals surface area contributed by atoms with Gasteiger partial charge in [-0.25, -0.2) is 0 Å². The van der Waals surface area contributed by atoms with Crippen molar-refractivity contribution in [2.75, 3.05) is 18.7 Å². The van der Waals surface area contributed by atoms with E-state index in [9.17, 15) is 0 Å². The number of nitrogens with one attached hydrogen (secondary N) is 1. The van der Waals surface area contributed by atoms with Crippen LogP contribution in [0, 0.1) is 11.8 Å². The number of benzene rings is 1. The van der Waals surface area contributed by atoms with E-state index >= 15 is 0 Å². The second kappa shape index (κ2) is 3.93. The third-order valence-corrected chi connectivity index (χ3v) is 1.93. The van der Waals surface area contributed by atoms with Crippen LogP contribution in [0.1, 0.15) is 6.92 Å². The lowest BCUT2D eigenvalue weighted by molar-refractivity contribution is 0.174. The van der Waals surface area contributed by atoms with Gasteiger partial charge in [0.05, 0.1) is 6.54 Å². The van der Waals surface area contributed by atoms with Crippen molar-refractivity contribution in [3.63, 3.8) is 0 Å². The van der Waals surface area contributed by atoms with Crippen molar-refractivity contribution in [1.82, 2.24) is 0 Å². The van der Waals surface area contributed by atoms with Crippen LogP contribution in [-0.4, -0.2) is 13.3 Å². The van der Waals surface area contributed by atoms with Crippen LogP contribution in [0.2, 0.25) is 0 Å². The molecule has 2 rings (SSSR count). The average molecular weight is 189 g/mol. The van der Waals surface area contributed by atoms with Crippen LogP contribution >= 0.6 is 0 Å². The molecule has 3 heteroatoms. The molecule has 1 heterocycles. The molecule has 1 aromatic rings. The third kappa shape index (κ3) is 1.74. The van der Waals surface area contributed by atoms with Gasteiger partial charge in [0.15, 0.2) is 11.5 Å². The number of hydrogen-bond acceptors (Lipinski definition) is 3. The molecule has 0 saturated carbocycles. The lowest BCUT2D eigenvalue weighted by Gasteiger charge is -2.02. The second-order valence-electron chi connectivity index (χ2n) is 2.85. The van der Waals surface area contributed by atoms with Crippen LogP contribution < -0.4 is 14.8 Å². The van der Waals surface area contributed by atoms with Gasteiger partial charge in [0.1, 0.15) is 0 Å². The molecule has 0 saturated heterocycles. The Balaban J connectivity index is 2.07. The molecule has 0 spiro atoms. The first kappa shape index (κ1) is 8.76. The molecular weight excluding hydrogens is 178 g/mol. The highest BCUT2D eigenvalue weighted by molar-refractivity contribution is 5.55. The van der Waals surface area contributed by atoms with E-state index in [-0.39, 0.29) is 0 Å². The summed E-state index contributed by atoms with van der Waals surface area (Å²) in [6.45, 7) is 2.78. The van der Waals surface area contributed by atoms with Gasteiger partial charge < -0.3 is 14.8 Å². The fourth-order valence-electron chi connectivity index (χ4n) is 1.24. The van der Waals surface area contributed by atoms with Crippen molar-refractivity contribution in [2.45, 2.75) is 6.92 Å². The fraction of sp³-hybridized carbons (Fsp3) is 0.273. The number of ether oxygens (including phenoxy) is 2. The molecule has 0 radical (unpaired) electrons. The predicted molar refractivity (Wildman–Crippen MR) is 54.5 cm³/mol. The van der Waals surface area contributed by atoms with Crippen LogP contribution in [0.3, 0.4) is 0 Å². The molecular formula is C11H11NO2. The summed E-state index contributed by atoms with van der Waals surface area (Å²) in [4.78, 5) is 0. The van der Waals surface area contributed by atoms with E-state index in [2.05, 4.69) is 17.2 Å². The minimum Gasteiger partial charge on any atom is -0.454 e. The lowest BCUT2D eigenvalue weighted by Crippen LogP contribution is -1.97. The van der Waals surface area contributed by atoms with E-state index < -0.39 is 0 Å². The molecule has 0 amide bonds. The van der Waals surface area contributed by atoms with E-state index in [0.717, 1.165) is 17.2 Å². The molecule has 0 fully saturated rings. The summed E-state index contributed by atoms with van der Waals surface area (Å²) in [6, 6.07) is 5.76. The largest absolute Gasteiger partial charge is 0.454 e. The summed E-state index contributed by atoms with van der Waals surface area (Å²) in [6.07, 6.45) is 0. The Morgan fingerprint density at radius 2 is 2.21 bits per heavy atom. The Kier molecular flexibility index (Phi) is 2.46. The van der Waals surface area contributed by atoms with Gasteiger partial charge in [-0.05, 0) is 19.1 Å². The molecule has 0 unspecified atom stereocenters. The highest BCUT2D eigenvalue weighted by Crippen LogP contribution is 2.33. The maximum absolute atomic E-state index is 5.25. The number of rotatable bonds is 2. The molecule has 3 nitrogen and oxygen atoms in total. The molecule has 0 aromatic heterocycles. The minimum absolute atomic E-state index is 0.313. The first-order valence-corrected chi connectivity index (χ1v) is 4.43. The summed E-state index contributed by atoms with van der Waals surface area (Å²) >= 11 is 0. The van der Waals surface area contributed by atoms with E-state index in [1.807, 2.05) is 25.1 Å². The predicted octanol–water partition coefficient (Wildman–Crippen LogP) is 1.85. The zero-order chi connectivity index (χ0) is 9.80. The van der Waals surface area contributed by atoms with Crippen molar-refractivity contribution in [1.29, 1.82) is 0 Å². The average Bonchev–Trinajstić information content (AvgIpc) is 2.65. The van der Waals surface area contributed by atoms with Gasteiger partial charge in [0, 0.05) is 11.8 Å². The summed E-state index contributed by atoms with van der Waals surface area (Å²) in [5, 5.41) is 3.17. The second-order valence-corrected chi connectivity index (χ2v) is 2.85. The smallest absolute Gasteiger partial charge is 0.231 e. The van der Waals surface area contributed by atoms with Gasteiger partial charge in [-0.1, -0.05) is 5.92 Å². The van der Waals surface area contributed by atoms with Gasteiger partial charge in [-0.2, -0.15) is 0 Å². The van der Waals surface area contributed by atoms with E-state index in [4.69, 9.17) is 9.47 Å². The van der Waals surface area contributed by atoms with Crippen LogP contribution in [0.5, 0.6) is 11.5 Å². The first-order valence-electron chi connectivity index (χ1n) is 4.43. The van der Waals surface area contributed by atoms with Crippen molar-refractivity contribution in [3.8, 4) is 23.3 Å².